The predicted octanol–water partition coefficient (Wildman–Crippen LogP) is 3.50. The molecule has 23 heavy (non-hydrogen) atoms. The molecule has 2 rings (SSSR count). The number of carbonyl (C=O) groups excluding carboxylic acids is 1. The minimum Gasteiger partial charge on any atom is -0.480 e. The molecule has 0 bridgehead atoms. The number of methoxy groups -OCH3 is 2. The van der Waals surface area contributed by atoms with Gasteiger partial charge in [-0.15, -0.1) is 0 Å². The summed E-state index contributed by atoms with van der Waals surface area (Å²) in [5, 5.41) is 0. The Morgan fingerprint density at radius 1 is 1.13 bits per heavy atom. The molecule has 0 spiro atoms. The van der Waals surface area contributed by atoms with E-state index in [1.54, 1.807) is 12.3 Å². The molecule has 0 saturated carbocycles. The first-order valence-electron chi connectivity index (χ1n) is 7.40. The van der Waals surface area contributed by atoms with Gasteiger partial charge < -0.3 is 9.47 Å². The Balaban J connectivity index is 0.00000127. The Bertz CT molecular complexity index is 685. The lowest BCUT2D eigenvalue weighted by Gasteiger charge is -2.07. The molecule has 2 aromatic rings. The van der Waals surface area contributed by atoms with E-state index >= 15 is 0 Å². The Labute approximate surface area is 137 Å². The third kappa shape index (κ3) is 5.15. The number of hydrogen-bond acceptors (Lipinski definition) is 4. The van der Waals surface area contributed by atoms with Crippen LogP contribution in [0.5, 0.6) is 5.88 Å². The van der Waals surface area contributed by atoms with Crippen molar-refractivity contribution in [3.05, 3.63) is 59.3 Å². The van der Waals surface area contributed by atoms with E-state index < -0.39 is 5.97 Å². The van der Waals surface area contributed by atoms with Crippen molar-refractivity contribution in [2.24, 2.45) is 0 Å². The summed E-state index contributed by atoms with van der Waals surface area (Å²) in [5.74, 6) is 5.73. The Kier molecular flexibility index (Phi) is 7.95. The van der Waals surface area contributed by atoms with Crippen LogP contribution < -0.4 is 4.74 Å². The van der Waals surface area contributed by atoms with Crippen molar-refractivity contribution in [1.82, 2.24) is 4.98 Å². The third-order valence-electron chi connectivity index (χ3n) is 2.86. The fourth-order valence-electron chi connectivity index (χ4n) is 1.84. The van der Waals surface area contributed by atoms with Crippen LogP contribution in [0.15, 0.2) is 42.6 Å². The second kappa shape index (κ2) is 10.0. The second-order valence-electron chi connectivity index (χ2n) is 4.20. The van der Waals surface area contributed by atoms with Gasteiger partial charge in [0.2, 0.25) is 5.88 Å². The number of carbonyl (C=O) groups is 1. The van der Waals surface area contributed by atoms with E-state index in [0.717, 1.165) is 5.56 Å². The largest absolute Gasteiger partial charge is 0.480 e. The van der Waals surface area contributed by atoms with Crippen molar-refractivity contribution in [3.8, 4) is 17.7 Å². The number of ether oxygens (including phenoxy) is 2. The molecule has 0 N–H and O–H groups in total. The van der Waals surface area contributed by atoms with Crippen molar-refractivity contribution in [2.75, 3.05) is 14.2 Å². The number of hydrogen-bond donors (Lipinski definition) is 0. The molecule has 0 amide bonds. The molecule has 0 atom stereocenters. The molecule has 0 aliphatic heterocycles. The molecule has 120 valence electrons. The van der Waals surface area contributed by atoms with Crippen LogP contribution in [0.3, 0.4) is 0 Å². The summed E-state index contributed by atoms with van der Waals surface area (Å²) < 4.78 is 9.85. The Hall–Kier alpha value is -2.80. The maximum atomic E-state index is 11.8. The average Bonchev–Trinajstić information content (AvgIpc) is 2.63. The van der Waals surface area contributed by atoms with E-state index in [1.165, 1.54) is 14.2 Å². The minimum absolute atomic E-state index is 0.216. The van der Waals surface area contributed by atoms with E-state index in [4.69, 9.17) is 9.47 Å². The maximum absolute atomic E-state index is 11.8. The van der Waals surface area contributed by atoms with Gasteiger partial charge in [0.1, 0.15) is 5.56 Å². The molecule has 0 aliphatic carbocycles. The predicted molar refractivity (Wildman–Crippen MR) is 90.5 cm³/mol. The fraction of sp³-hybridized carbons (Fsp3) is 0.263. The van der Waals surface area contributed by atoms with Gasteiger partial charge in [0.05, 0.1) is 14.2 Å². The van der Waals surface area contributed by atoms with Gasteiger partial charge in [-0.1, -0.05) is 56.0 Å². The molecule has 4 nitrogen and oxygen atoms in total. The zero-order valence-electron chi connectivity index (χ0n) is 13.9. The van der Waals surface area contributed by atoms with Gasteiger partial charge in [0.25, 0.3) is 0 Å². The van der Waals surface area contributed by atoms with Gasteiger partial charge in [-0.05, 0) is 11.6 Å². The number of rotatable bonds is 3. The summed E-state index contributed by atoms with van der Waals surface area (Å²) >= 11 is 0. The molecule has 0 saturated heterocycles. The van der Waals surface area contributed by atoms with Gasteiger partial charge in [-0.3, -0.25) is 0 Å². The smallest absolute Gasteiger partial charge is 0.344 e. The van der Waals surface area contributed by atoms with Gasteiger partial charge in [0.15, 0.2) is 0 Å². The van der Waals surface area contributed by atoms with Gasteiger partial charge in [-0.2, -0.15) is 0 Å². The molecule has 0 radical (unpaired) electrons. The quantitative estimate of drug-likeness (QED) is 0.643. The van der Waals surface area contributed by atoms with Crippen LogP contribution in [-0.4, -0.2) is 25.2 Å². The molecule has 0 fully saturated rings. The minimum atomic E-state index is -0.510. The van der Waals surface area contributed by atoms with Gasteiger partial charge in [-0.25, -0.2) is 9.78 Å². The molecule has 1 aromatic heterocycles. The van der Waals surface area contributed by atoms with Crippen LogP contribution in [0, 0.1) is 11.8 Å². The summed E-state index contributed by atoms with van der Waals surface area (Å²) in [7, 11) is 2.77. The third-order valence-corrected chi connectivity index (χ3v) is 2.86. The fourth-order valence-corrected chi connectivity index (χ4v) is 1.84. The summed E-state index contributed by atoms with van der Waals surface area (Å²) in [6, 6.07) is 11.6. The van der Waals surface area contributed by atoms with E-state index in [2.05, 4.69) is 16.8 Å². The number of aromatic nitrogens is 1. The van der Waals surface area contributed by atoms with Crippen molar-refractivity contribution in [1.29, 1.82) is 0 Å². The summed E-state index contributed by atoms with van der Waals surface area (Å²) in [5.41, 5.74) is 1.92. The number of esters is 1. The van der Waals surface area contributed by atoms with Crippen LogP contribution in [-0.2, 0) is 11.2 Å². The summed E-state index contributed by atoms with van der Waals surface area (Å²) in [6.45, 7) is 4.00. The van der Waals surface area contributed by atoms with Crippen molar-refractivity contribution >= 4 is 5.97 Å². The van der Waals surface area contributed by atoms with Crippen LogP contribution in [0.4, 0.5) is 0 Å². The van der Waals surface area contributed by atoms with Crippen LogP contribution >= 0.6 is 0 Å². The highest BCUT2D eigenvalue weighted by molar-refractivity contribution is 5.94. The highest BCUT2D eigenvalue weighted by atomic mass is 16.5. The average molecular weight is 311 g/mol. The first-order valence-corrected chi connectivity index (χ1v) is 7.40. The van der Waals surface area contributed by atoms with Crippen molar-refractivity contribution in [3.63, 3.8) is 0 Å². The standard InChI is InChI=1S/C17H15NO3.C2H6/c1-20-16-15(17(19)21-2)14(11-12-18-16)10-6-9-13-7-4-3-5-8-13;1-2/h3-5,7-8,11-12H,9H2,1-2H3;1-2H3. The number of nitrogens with zero attached hydrogens (tertiary/aromatic N) is 1. The molecule has 0 aliphatic rings. The zero-order chi connectivity index (χ0) is 17.1. The van der Waals surface area contributed by atoms with Crippen LogP contribution in [0.2, 0.25) is 0 Å². The summed E-state index contributed by atoms with van der Waals surface area (Å²) in [6.07, 6.45) is 2.16. The molecular weight excluding hydrogens is 290 g/mol. The topological polar surface area (TPSA) is 48.4 Å². The molecule has 1 aromatic carbocycles. The molecule has 1 heterocycles. The molecule has 0 unspecified atom stereocenters. The van der Waals surface area contributed by atoms with Crippen molar-refractivity contribution < 1.29 is 14.3 Å². The van der Waals surface area contributed by atoms with Crippen molar-refractivity contribution in [2.45, 2.75) is 20.3 Å². The van der Waals surface area contributed by atoms with Crippen LogP contribution in [0.25, 0.3) is 0 Å². The number of pyridine rings is 1. The van der Waals surface area contributed by atoms with E-state index in [-0.39, 0.29) is 11.4 Å². The monoisotopic (exact) mass is 311 g/mol. The Morgan fingerprint density at radius 3 is 2.43 bits per heavy atom. The second-order valence-corrected chi connectivity index (χ2v) is 4.20. The maximum Gasteiger partial charge on any atom is 0.344 e. The normalized spacial score (nSPS) is 8.87. The van der Waals surface area contributed by atoms with E-state index in [1.807, 2.05) is 44.2 Å². The highest BCUT2D eigenvalue weighted by Gasteiger charge is 2.17. The van der Waals surface area contributed by atoms with Gasteiger partial charge in [0, 0.05) is 18.2 Å². The van der Waals surface area contributed by atoms with E-state index in [9.17, 15) is 4.79 Å². The van der Waals surface area contributed by atoms with Crippen LogP contribution in [0.1, 0.15) is 35.3 Å². The lowest BCUT2D eigenvalue weighted by atomic mass is 10.1. The van der Waals surface area contributed by atoms with E-state index in [0.29, 0.717) is 12.0 Å². The SMILES string of the molecule is CC.COC(=O)c1c(C#CCc2ccccc2)ccnc1OC. The lowest BCUT2D eigenvalue weighted by Crippen LogP contribution is -2.08. The first-order chi connectivity index (χ1) is 11.3. The highest BCUT2D eigenvalue weighted by Crippen LogP contribution is 2.19. The Morgan fingerprint density at radius 2 is 1.83 bits per heavy atom. The number of benzene rings is 1. The first kappa shape index (κ1) is 18.2. The molecule has 4 heteroatoms. The van der Waals surface area contributed by atoms with Gasteiger partial charge >= 0.3 is 5.97 Å². The molecular formula is C19H21NO3. The zero-order valence-corrected chi connectivity index (χ0v) is 13.9. The summed E-state index contributed by atoms with van der Waals surface area (Å²) in [4.78, 5) is 15.8. The lowest BCUT2D eigenvalue weighted by molar-refractivity contribution is 0.0596.